The molecule has 1 aliphatic heterocycles. The highest BCUT2D eigenvalue weighted by molar-refractivity contribution is 5.70. The number of methoxy groups -OCH3 is 2. The number of carboxylic acid groups (broad SMARTS) is 1. The van der Waals surface area contributed by atoms with E-state index in [-0.39, 0.29) is 17.8 Å². The average molecular weight is 480 g/mol. The van der Waals surface area contributed by atoms with Crippen LogP contribution in [0.2, 0.25) is 0 Å². The van der Waals surface area contributed by atoms with E-state index in [2.05, 4.69) is 4.90 Å². The smallest absolute Gasteiger partial charge is 0.306 e. The number of likely N-dealkylation sites (tertiary alicyclic amines) is 1. The molecule has 3 aromatic carbocycles. The van der Waals surface area contributed by atoms with Gasteiger partial charge in [-0.3, -0.25) is 9.69 Å². The maximum Gasteiger partial charge on any atom is 0.306 e. The highest BCUT2D eigenvalue weighted by Gasteiger charge is 2.31. The molecule has 1 aliphatic rings. The van der Waals surface area contributed by atoms with E-state index in [1.54, 1.807) is 20.3 Å². The first kappa shape index (κ1) is 24.5. The van der Waals surface area contributed by atoms with E-state index in [1.165, 1.54) is 12.1 Å². The van der Waals surface area contributed by atoms with Crippen molar-refractivity contribution < 1.29 is 28.5 Å². The lowest BCUT2D eigenvalue weighted by Gasteiger charge is -2.37. The summed E-state index contributed by atoms with van der Waals surface area (Å²) in [6.07, 6.45) is 1.07. The van der Waals surface area contributed by atoms with Crippen molar-refractivity contribution in [3.63, 3.8) is 0 Å². The third-order valence-electron chi connectivity index (χ3n) is 6.43. The number of carbonyl (C=O) groups is 1. The molecule has 35 heavy (non-hydrogen) atoms. The van der Waals surface area contributed by atoms with Gasteiger partial charge in [-0.2, -0.15) is 0 Å². The van der Waals surface area contributed by atoms with Crippen LogP contribution in [0.1, 0.15) is 35.6 Å². The van der Waals surface area contributed by atoms with Gasteiger partial charge in [-0.25, -0.2) is 4.39 Å². The minimum atomic E-state index is -0.768. The van der Waals surface area contributed by atoms with Crippen LogP contribution < -0.4 is 14.2 Å². The molecule has 1 fully saturated rings. The van der Waals surface area contributed by atoms with Gasteiger partial charge in [0.05, 0.1) is 26.2 Å². The van der Waals surface area contributed by atoms with Gasteiger partial charge >= 0.3 is 5.97 Å². The van der Waals surface area contributed by atoms with Gasteiger partial charge in [0.25, 0.3) is 0 Å². The molecule has 4 rings (SSSR count). The Labute approximate surface area is 204 Å². The molecule has 1 N–H and O–H groups in total. The summed E-state index contributed by atoms with van der Waals surface area (Å²) in [7, 11) is 3.15. The van der Waals surface area contributed by atoms with Crippen molar-refractivity contribution in [1.82, 2.24) is 4.90 Å². The molecule has 0 spiro atoms. The van der Waals surface area contributed by atoms with Gasteiger partial charge in [-0.05, 0) is 66.9 Å². The Morgan fingerprint density at radius 1 is 0.971 bits per heavy atom. The predicted octanol–water partition coefficient (Wildman–Crippen LogP) is 5.31. The second kappa shape index (κ2) is 11.2. The summed E-state index contributed by atoms with van der Waals surface area (Å²) in [5, 5.41) is 9.42. The molecule has 0 saturated carbocycles. The minimum Gasteiger partial charge on any atom is -0.493 e. The van der Waals surface area contributed by atoms with Gasteiger partial charge in [-0.1, -0.05) is 42.5 Å². The average Bonchev–Trinajstić information content (AvgIpc) is 2.88. The summed E-state index contributed by atoms with van der Waals surface area (Å²) in [5.41, 5.74) is 2.64. The highest BCUT2D eigenvalue weighted by atomic mass is 19.1. The first-order chi connectivity index (χ1) is 17.0. The van der Waals surface area contributed by atoms with E-state index in [1.807, 2.05) is 48.5 Å². The predicted molar refractivity (Wildman–Crippen MR) is 130 cm³/mol. The van der Waals surface area contributed by atoms with Crippen LogP contribution in [-0.2, 0) is 11.4 Å². The topological polar surface area (TPSA) is 68.2 Å². The summed E-state index contributed by atoms with van der Waals surface area (Å²) in [4.78, 5) is 13.7. The first-order valence-corrected chi connectivity index (χ1v) is 11.6. The summed E-state index contributed by atoms with van der Waals surface area (Å²) in [6, 6.07) is 19.8. The SMILES string of the molecule is COc1cc(C(c2cccc(F)c2)N2CCC(C(=O)O)CC2)cc(OC)c1OCc1ccccc1. The molecular formula is C28H30FNO5. The summed E-state index contributed by atoms with van der Waals surface area (Å²) < 4.78 is 31.7. The van der Waals surface area contributed by atoms with Crippen molar-refractivity contribution in [2.24, 2.45) is 5.92 Å². The maximum atomic E-state index is 14.2. The molecule has 1 saturated heterocycles. The van der Waals surface area contributed by atoms with Crippen molar-refractivity contribution in [1.29, 1.82) is 0 Å². The molecule has 1 heterocycles. The Morgan fingerprint density at radius 3 is 2.20 bits per heavy atom. The molecule has 7 heteroatoms. The Balaban J connectivity index is 1.70. The van der Waals surface area contributed by atoms with E-state index in [0.717, 1.165) is 16.7 Å². The summed E-state index contributed by atoms with van der Waals surface area (Å²) in [6.45, 7) is 1.51. The maximum absolute atomic E-state index is 14.2. The van der Waals surface area contributed by atoms with Gasteiger partial charge in [0.1, 0.15) is 12.4 Å². The molecule has 0 amide bonds. The number of aliphatic carboxylic acids is 1. The van der Waals surface area contributed by atoms with Crippen LogP contribution in [0.25, 0.3) is 0 Å². The molecule has 184 valence electrons. The fourth-order valence-electron chi connectivity index (χ4n) is 4.63. The lowest BCUT2D eigenvalue weighted by atomic mass is 9.91. The summed E-state index contributed by atoms with van der Waals surface area (Å²) in [5.74, 6) is 0.0570. The fraction of sp³-hybridized carbons (Fsp3) is 0.321. The number of carboxylic acids is 1. The molecule has 0 radical (unpaired) electrons. The molecule has 1 atom stereocenters. The van der Waals surface area contributed by atoms with Crippen LogP contribution in [0.4, 0.5) is 4.39 Å². The zero-order valence-electron chi connectivity index (χ0n) is 19.9. The van der Waals surface area contributed by atoms with Gasteiger partial charge in [-0.15, -0.1) is 0 Å². The fourth-order valence-corrected chi connectivity index (χ4v) is 4.63. The molecule has 3 aromatic rings. The number of rotatable bonds is 9. The van der Waals surface area contributed by atoms with Crippen molar-refractivity contribution >= 4 is 5.97 Å². The van der Waals surface area contributed by atoms with Crippen molar-refractivity contribution in [3.8, 4) is 17.2 Å². The Hall–Kier alpha value is -3.58. The number of halogens is 1. The van der Waals surface area contributed by atoms with Crippen LogP contribution in [0.3, 0.4) is 0 Å². The monoisotopic (exact) mass is 479 g/mol. The zero-order chi connectivity index (χ0) is 24.8. The van der Waals surface area contributed by atoms with Crippen molar-refractivity contribution in [2.45, 2.75) is 25.5 Å². The van der Waals surface area contributed by atoms with Gasteiger partial charge < -0.3 is 19.3 Å². The van der Waals surface area contributed by atoms with Gasteiger partial charge in [0.2, 0.25) is 5.75 Å². The second-order valence-electron chi connectivity index (χ2n) is 8.63. The molecule has 1 unspecified atom stereocenters. The Kier molecular flexibility index (Phi) is 7.87. The Morgan fingerprint density at radius 2 is 1.63 bits per heavy atom. The normalized spacial score (nSPS) is 15.4. The molecule has 0 aliphatic carbocycles. The highest BCUT2D eigenvalue weighted by Crippen LogP contribution is 2.43. The van der Waals surface area contributed by atoms with Crippen molar-refractivity contribution in [2.75, 3.05) is 27.3 Å². The van der Waals surface area contributed by atoms with E-state index in [4.69, 9.17) is 14.2 Å². The lowest BCUT2D eigenvalue weighted by molar-refractivity contribution is -0.143. The zero-order valence-corrected chi connectivity index (χ0v) is 19.9. The number of hydrogen-bond acceptors (Lipinski definition) is 5. The van der Waals surface area contributed by atoms with E-state index in [0.29, 0.717) is 49.8 Å². The van der Waals surface area contributed by atoms with Gasteiger partial charge in [0, 0.05) is 0 Å². The summed E-state index contributed by atoms with van der Waals surface area (Å²) >= 11 is 0. The van der Waals surface area contributed by atoms with Gasteiger partial charge in [0.15, 0.2) is 11.5 Å². The molecular weight excluding hydrogens is 449 g/mol. The first-order valence-electron chi connectivity index (χ1n) is 11.6. The molecule has 0 aromatic heterocycles. The van der Waals surface area contributed by atoms with Crippen molar-refractivity contribution in [3.05, 3.63) is 89.2 Å². The van der Waals surface area contributed by atoms with Crippen LogP contribution in [0, 0.1) is 11.7 Å². The van der Waals surface area contributed by atoms with E-state index < -0.39 is 5.97 Å². The standard InChI is InChI=1S/C28H30FNO5/c1-33-24-16-22(17-25(34-2)27(24)35-18-19-7-4-3-5-8-19)26(21-9-6-10-23(29)15-21)30-13-11-20(12-14-30)28(31)32/h3-10,15-17,20,26H,11-14,18H2,1-2H3,(H,31,32). The van der Waals surface area contributed by atoms with Crippen LogP contribution in [0.5, 0.6) is 17.2 Å². The third kappa shape index (κ3) is 5.74. The number of ether oxygens (including phenoxy) is 3. The van der Waals surface area contributed by atoms with Crippen LogP contribution in [-0.4, -0.2) is 43.3 Å². The third-order valence-corrected chi connectivity index (χ3v) is 6.43. The Bertz CT molecular complexity index is 1120. The number of hydrogen-bond donors (Lipinski definition) is 1. The van der Waals surface area contributed by atoms with Crippen LogP contribution >= 0.6 is 0 Å². The quantitative estimate of drug-likeness (QED) is 0.449. The number of nitrogens with zero attached hydrogens (tertiary/aromatic N) is 1. The number of piperidine rings is 1. The van der Waals surface area contributed by atoms with E-state index in [9.17, 15) is 14.3 Å². The lowest BCUT2D eigenvalue weighted by Crippen LogP contribution is -2.39. The van der Waals surface area contributed by atoms with Crippen LogP contribution in [0.15, 0.2) is 66.7 Å². The largest absolute Gasteiger partial charge is 0.493 e. The van der Waals surface area contributed by atoms with E-state index >= 15 is 0 Å². The molecule has 0 bridgehead atoms. The second-order valence-corrected chi connectivity index (χ2v) is 8.63. The minimum absolute atomic E-state index is 0.300. The number of benzene rings is 3. The molecule has 6 nitrogen and oxygen atoms in total.